The van der Waals surface area contributed by atoms with Gasteiger partial charge in [0.25, 0.3) is 0 Å². The molecule has 1 aliphatic heterocycles. The molecule has 2 aromatic rings. The lowest BCUT2D eigenvalue weighted by atomic mass is 10.2. The lowest BCUT2D eigenvalue weighted by Crippen LogP contribution is -2.24. The zero-order valence-electron chi connectivity index (χ0n) is 11.5. The Kier molecular flexibility index (Phi) is 3.95. The molecule has 1 fully saturated rings. The molecule has 0 bridgehead atoms. The van der Waals surface area contributed by atoms with Crippen molar-refractivity contribution in [1.82, 2.24) is 9.78 Å². The Morgan fingerprint density at radius 3 is 2.90 bits per heavy atom. The quantitative estimate of drug-likeness (QED) is 0.689. The predicted molar refractivity (Wildman–Crippen MR) is 79.0 cm³/mol. The standard InChI is InChI=1S/C15H16N4O2/c20-15-14(3-1-10-21-15)18-17-13-6-4-12(5-7-13)11-19-9-2-8-16-19/h2,4-9,17H,1,3,10-11H2. The smallest absolute Gasteiger partial charge is 0.354 e. The second-order valence-electron chi connectivity index (χ2n) is 4.81. The highest BCUT2D eigenvalue weighted by Crippen LogP contribution is 2.12. The fraction of sp³-hybridized carbons (Fsp3) is 0.267. The van der Waals surface area contributed by atoms with E-state index < -0.39 is 0 Å². The van der Waals surface area contributed by atoms with E-state index in [1.54, 1.807) is 6.20 Å². The summed E-state index contributed by atoms with van der Waals surface area (Å²) in [5, 5.41) is 8.28. The maximum absolute atomic E-state index is 11.4. The van der Waals surface area contributed by atoms with Gasteiger partial charge in [-0.1, -0.05) is 12.1 Å². The number of hydrogen-bond donors (Lipinski definition) is 1. The lowest BCUT2D eigenvalue weighted by molar-refractivity contribution is -0.137. The van der Waals surface area contributed by atoms with Crippen LogP contribution in [0.4, 0.5) is 5.69 Å². The number of aromatic nitrogens is 2. The van der Waals surface area contributed by atoms with Crippen LogP contribution in [0.3, 0.4) is 0 Å². The first kappa shape index (κ1) is 13.4. The number of carbonyl (C=O) groups is 1. The molecule has 0 unspecified atom stereocenters. The van der Waals surface area contributed by atoms with Gasteiger partial charge in [-0.2, -0.15) is 10.2 Å². The maximum atomic E-state index is 11.4. The van der Waals surface area contributed by atoms with Gasteiger partial charge in [0, 0.05) is 18.8 Å². The van der Waals surface area contributed by atoms with Gasteiger partial charge in [-0.25, -0.2) is 4.79 Å². The van der Waals surface area contributed by atoms with Gasteiger partial charge in [-0.3, -0.25) is 10.1 Å². The van der Waals surface area contributed by atoms with E-state index >= 15 is 0 Å². The summed E-state index contributed by atoms with van der Waals surface area (Å²) in [7, 11) is 0. The minimum atomic E-state index is -0.330. The molecule has 21 heavy (non-hydrogen) atoms. The monoisotopic (exact) mass is 284 g/mol. The van der Waals surface area contributed by atoms with E-state index in [2.05, 4.69) is 15.6 Å². The topological polar surface area (TPSA) is 68.5 Å². The number of ether oxygens (including phenoxy) is 1. The van der Waals surface area contributed by atoms with Crippen molar-refractivity contribution in [2.45, 2.75) is 19.4 Å². The van der Waals surface area contributed by atoms with E-state index in [-0.39, 0.29) is 5.97 Å². The van der Waals surface area contributed by atoms with Crippen LogP contribution < -0.4 is 5.43 Å². The molecule has 1 aromatic carbocycles. The first-order valence-electron chi connectivity index (χ1n) is 6.87. The van der Waals surface area contributed by atoms with Crippen molar-refractivity contribution < 1.29 is 9.53 Å². The largest absolute Gasteiger partial charge is 0.461 e. The molecule has 108 valence electrons. The van der Waals surface area contributed by atoms with E-state index in [4.69, 9.17) is 4.74 Å². The van der Waals surface area contributed by atoms with Gasteiger partial charge in [0.1, 0.15) is 5.71 Å². The highest BCUT2D eigenvalue weighted by Gasteiger charge is 2.17. The molecule has 3 rings (SSSR count). The molecular weight excluding hydrogens is 268 g/mol. The van der Waals surface area contributed by atoms with E-state index in [1.165, 1.54) is 0 Å². The highest BCUT2D eigenvalue weighted by atomic mass is 16.5. The average Bonchev–Trinajstić information content (AvgIpc) is 3.01. The Labute approximate surface area is 122 Å². The number of hydrazone groups is 1. The molecule has 1 N–H and O–H groups in total. The van der Waals surface area contributed by atoms with E-state index in [1.807, 2.05) is 41.2 Å². The Balaban J connectivity index is 1.61. The van der Waals surface area contributed by atoms with Crippen LogP contribution in [0.15, 0.2) is 47.8 Å². The van der Waals surface area contributed by atoms with Gasteiger partial charge in [0.15, 0.2) is 0 Å². The third-order valence-electron chi connectivity index (χ3n) is 3.20. The SMILES string of the molecule is O=C1OCCCC1=NNc1ccc(Cn2cccn2)cc1. The van der Waals surface area contributed by atoms with Crippen molar-refractivity contribution in [3.63, 3.8) is 0 Å². The first-order valence-corrected chi connectivity index (χ1v) is 6.87. The molecule has 0 saturated carbocycles. The number of carbonyl (C=O) groups excluding carboxylic acids is 1. The summed E-state index contributed by atoms with van der Waals surface area (Å²) in [6.07, 6.45) is 5.17. The Hall–Kier alpha value is -2.63. The summed E-state index contributed by atoms with van der Waals surface area (Å²) in [5.41, 5.74) is 5.33. The molecule has 0 atom stereocenters. The number of esters is 1. The fourth-order valence-corrected chi connectivity index (χ4v) is 2.09. The zero-order chi connectivity index (χ0) is 14.5. The number of benzene rings is 1. The number of cyclic esters (lactones) is 1. The van der Waals surface area contributed by atoms with Gasteiger partial charge in [-0.15, -0.1) is 0 Å². The van der Waals surface area contributed by atoms with Crippen LogP contribution in [-0.2, 0) is 16.1 Å². The lowest BCUT2D eigenvalue weighted by Gasteiger charge is -2.12. The molecule has 0 spiro atoms. The summed E-state index contributed by atoms with van der Waals surface area (Å²) in [6.45, 7) is 1.22. The summed E-state index contributed by atoms with van der Waals surface area (Å²) in [5.74, 6) is -0.330. The van der Waals surface area contributed by atoms with Crippen LogP contribution in [-0.4, -0.2) is 28.1 Å². The molecule has 6 nitrogen and oxygen atoms in total. The Morgan fingerprint density at radius 2 is 2.19 bits per heavy atom. The van der Waals surface area contributed by atoms with Crippen molar-refractivity contribution in [3.8, 4) is 0 Å². The molecule has 0 aliphatic carbocycles. The van der Waals surface area contributed by atoms with Gasteiger partial charge in [0.2, 0.25) is 0 Å². The van der Waals surface area contributed by atoms with Crippen molar-refractivity contribution in [2.24, 2.45) is 5.10 Å². The van der Waals surface area contributed by atoms with Crippen LogP contribution in [0.1, 0.15) is 18.4 Å². The molecular formula is C15H16N4O2. The summed E-state index contributed by atoms with van der Waals surface area (Å²) < 4.78 is 6.80. The van der Waals surface area contributed by atoms with Gasteiger partial charge in [0.05, 0.1) is 18.8 Å². The number of anilines is 1. The number of nitrogens with one attached hydrogen (secondary N) is 1. The zero-order valence-corrected chi connectivity index (χ0v) is 11.5. The van der Waals surface area contributed by atoms with Crippen molar-refractivity contribution in [2.75, 3.05) is 12.0 Å². The van der Waals surface area contributed by atoms with Gasteiger partial charge < -0.3 is 4.74 Å². The van der Waals surface area contributed by atoms with Gasteiger partial charge >= 0.3 is 5.97 Å². The first-order chi connectivity index (χ1) is 10.3. The normalized spacial score (nSPS) is 16.8. The number of nitrogens with zero attached hydrogens (tertiary/aromatic N) is 3. The van der Waals surface area contributed by atoms with Crippen LogP contribution in [0.5, 0.6) is 0 Å². The predicted octanol–water partition coefficient (Wildman–Crippen LogP) is 2.04. The van der Waals surface area contributed by atoms with E-state index in [0.717, 1.165) is 24.2 Å². The molecule has 1 saturated heterocycles. The summed E-state index contributed by atoms with van der Waals surface area (Å²) in [6, 6.07) is 9.76. The number of rotatable bonds is 4. The third kappa shape index (κ3) is 3.47. The van der Waals surface area contributed by atoms with Crippen LogP contribution in [0, 0.1) is 0 Å². The highest BCUT2D eigenvalue weighted by molar-refractivity contribution is 6.36. The number of hydrogen-bond acceptors (Lipinski definition) is 5. The average molecular weight is 284 g/mol. The molecule has 0 amide bonds. The molecule has 1 aliphatic rings. The summed E-state index contributed by atoms with van der Waals surface area (Å²) >= 11 is 0. The maximum Gasteiger partial charge on any atom is 0.354 e. The van der Waals surface area contributed by atoms with Crippen molar-refractivity contribution in [3.05, 3.63) is 48.3 Å². The molecule has 6 heteroatoms. The van der Waals surface area contributed by atoms with E-state index in [0.29, 0.717) is 18.7 Å². The van der Waals surface area contributed by atoms with Gasteiger partial charge in [-0.05, 0) is 30.2 Å². The van der Waals surface area contributed by atoms with Crippen LogP contribution in [0.2, 0.25) is 0 Å². The minimum absolute atomic E-state index is 0.330. The summed E-state index contributed by atoms with van der Waals surface area (Å²) in [4.78, 5) is 11.4. The second kappa shape index (κ2) is 6.21. The van der Waals surface area contributed by atoms with Crippen LogP contribution >= 0.6 is 0 Å². The minimum Gasteiger partial charge on any atom is -0.461 e. The Bertz CT molecular complexity index is 632. The molecule has 1 aromatic heterocycles. The third-order valence-corrected chi connectivity index (χ3v) is 3.20. The Morgan fingerprint density at radius 1 is 1.33 bits per heavy atom. The van der Waals surface area contributed by atoms with E-state index in [9.17, 15) is 4.79 Å². The molecule has 0 radical (unpaired) electrons. The van der Waals surface area contributed by atoms with Crippen molar-refractivity contribution in [1.29, 1.82) is 0 Å². The van der Waals surface area contributed by atoms with Crippen LogP contribution in [0.25, 0.3) is 0 Å². The second-order valence-corrected chi connectivity index (χ2v) is 4.81. The van der Waals surface area contributed by atoms with Crippen molar-refractivity contribution >= 4 is 17.4 Å². The molecule has 2 heterocycles. The fourth-order valence-electron chi connectivity index (χ4n) is 2.09.